The van der Waals surface area contributed by atoms with Gasteiger partial charge in [-0.25, -0.2) is 4.98 Å². The molecule has 1 aromatic heterocycles. The van der Waals surface area contributed by atoms with Gasteiger partial charge in [0, 0.05) is 10.6 Å². The third kappa shape index (κ3) is 1.82. The van der Waals surface area contributed by atoms with Crippen LogP contribution in [0.15, 0.2) is 6.20 Å². The van der Waals surface area contributed by atoms with Gasteiger partial charge < -0.3 is 15.5 Å². The summed E-state index contributed by atoms with van der Waals surface area (Å²) in [6, 6.07) is 0. The van der Waals surface area contributed by atoms with Gasteiger partial charge in [-0.2, -0.15) is 0 Å². The number of halogens is 1. The minimum atomic E-state index is 0.376. The van der Waals surface area contributed by atoms with Crippen LogP contribution in [0, 0.1) is 20.8 Å². The first kappa shape index (κ1) is 12.8. The third-order valence-electron chi connectivity index (χ3n) is 3.23. The maximum atomic E-state index is 6.35. The van der Waals surface area contributed by atoms with Crippen molar-refractivity contribution < 1.29 is 4.74 Å². The molecule has 4 nitrogen and oxygen atoms in total. The summed E-state index contributed by atoms with van der Waals surface area (Å²) >= 11 is 6.35. The Hall–Kier alpha value is -1.68. The van der Waals surface area contributed by atoms with E-state index in [0.29, 0.717) is 5.95 Å². The molecular formula is C13H16ClN3O. The molecular weight excluding hydrogens is 250 g/mol. The summed E-state index contributed by atoms with van der Waals surface area (Å²) in [4.78, 5) is 7.02. The summed E-state index contributed by atoms with van der Waals surface area (Å²) in [5.41, 5.74) is 10.4. The summed E-state index contributed by atoms with van der Waals surface area (Å²) < 4.78 is 5.51. The van der Waals surface area contributed by atoms with Crippen LogP contribution in [-0.4, -0.2) is 17.1 Å². The topological polar surface area (TPSA) is 63.9 Å². The highest BCUT2D eigenvalue weighted by Crippen LogP contribution is 2.41. The molecule has 0 saturated carbocycles. The molecule has 0 fully saturated rings. The first-order chi connectivity index (χ1) is 8.47. The molecule has 0 radical (unpaired) electrons. The lowest BCUT2D eigenvalue weighted by atomic mass is 9.97. The summed E-state index contributed by atoms with van der Waals surface area (Å²) in [5.74, 6) is 1.18. The van der Waals surface area contributed by atoms with Crippen LogP contribution in [0.2, 0.25) is 5.02 Å². The lowest BCUT2D eigenvalue weighted by Crippen LogP contribution is -1.99. The summed E-state index contributed by atoms with van der Waals surface area (Å²) in [7, 11) is 1.65. The highest BCUT2D eigenvalue weighted by Gasteiger charge is 2.19. The van der Waals surface area contributed by atoms with E-state index in [1.165, 1.54) is 0 Å². The third-order valence-corrected chi connectivity index (χ3v) is 3.80. The Balaban J connectivity index is 2.81. The monoisotopic (exact) mass is 265 g/mol. The van der Waals surface area contributed by atoms with Gasteiger partial charge in [0.05, 0.1) is 19.0 Å². The van der Waals surface area contributed by atoms with E-state index in [1.807, 2.05) is 20.8 Å². The fourth-order valence-electron chi connectivity index (χ4n) is 2.13. The molecule has 0 unspecified atom stereocenters. The fraction of sp³-hybridized carbons (Fsp3) is 0.308. The van der Waals surface area contributed by atoms with Crippen molar-refractivity contribution in [3.05, 3.63) is 27.9 Å². The Bertz CT molecular complexity index is 605. The Morgan fingerprint density at radius 2 is 1.89 bits per heavy atom. The number of rotatable bonds is 2. The lowest BCUT2D eigenvalue weighted by molar-refractivity contribution is 0.412. The van der Waals surface area contributed by atoms with E-state index in [0.717, 1.165) is 38.7 Å². The molecule has 0 aliphatic carbocycles. The van der Waals surface area contributed by atoms with Crippen molar-refractivity contribution in [1.82, 2.24) is 9.97 Å². The smallest absolute Gasteiger partial charge is 0.197 e. The zero-order valence-corrected chi connectivity index (χ0v) is 11.6. The average molecular weight is 266 g/mol. The number of imidazole rings is 1. The molecule has 0 aliphatic rings. The zero-order chi connectivity index (χ0) is 13.4. The van der Waals surface area contributed by atoms with Gasteiger partial charge in [0.25, 0.3) is 0 Å². The Kier molecular flexibility index (Phi) is 3.22. The van der Waals surface area contributed by atoms with Crippen molar-refractivity contribution >= 4 is 17.5 Å². The Labute approximate surface area is 111 Å². The summed E-state index contributed by atoms with van der Waals surface area (Å²) in [6.07, 6.45) is 1.69. The molecule has 0 saturated heterocycles. The highest BCUT2D eigenvalue weighted by molar-refractivity contribution is 6.32. The van der Waals surface area contributed by atoms with Crippen molar-refractivity contribution in [2.45, 2.75) is 20.8 Å². The van der Waals surface area contributed by atoms with Crippen LogP contribution in [-0.2, 0) is 0 Å². The number of methoxy groups -OCH3 is 1. The van der Waals surface area contributed by atoms with Crippen LogP contribution in [0.3, 0.4) is 0 Å². The molecule has 18 heavy (non-hydrogen) atoms. The summed E-state index contributed by atoms with van der Waals surface area (Å²) in [5, 5.41) is 0.747. The highest BCUT2D eigenvalue weighted by atomic mass is 35.5. The standard InChI is InChI=1S/C13H16ClN3O/c1-6-7(2)12(18-4)10(8(3)11(6)14)9-5-16-13(15)17-9/h5H,1-4H3,(H3,15,16,17). The molecule has 1 aromatic carbocycles. The largest absolute Gasteiger partial charge is 0.496 e. The van der Waals surface area contributed by atoms with Gasteiger partial charge >= 0.3 is 0 Å². The van der Waals surface area contributed by atoms with E-state index in [4.69, 9.17) is 22.1 Å². The van der Waals surface area contributed by atoms with Gasteiger partial charge in [-0.15, -0.1) is 0 Å². The number of H-pyrrole nitrogens is 1. The van der Waals surface area contributed by atoms with E-state index in [9.17, 15) is 0 Å². The molecule has 1 heterocycles. The molecule has 0 amide bonds. The number of benzene rings is 1. The number of hydrogen-bond acceptors (Lipinski definition) is 3. The molecule has 2 aromatic rings. The van der Waals surface area contributed by atoms with Crippen LogP contribution in [0.4, 0.5) is 5.95 Å². The molecule has 0 aliphatic heterocycles. The maximum Gasteiger partial charge on any atom is 0.197 e. The SMILES string of the molecule is COc1c(C)c(C)c(Cl)c(C)c1-c1cnc(N)[nH]1. The fourth-order valence-corrected chi connectivity index (χ4v) is 2.36. The van der Waals surface area contributed by atoms with Crippen molar-refractivity contribution in [3.63, 3.8) is 0 Å². The quantitative estimate of drug-likeness (QED) is 0.876. The van der Waals surface area contributed by atoms with Gasteiger partial charge in [-0.3, -0.25) is 0 Å². The minimum absolute atomic E-state index is 0.376. The van der Waals surface area contributed by atoms with Crippen LogP contribution >= 0.6 is 11.6 Å². The summed E-state index contributed by atoms with van der Waals surface area (Å²) in [6.45, 7) is 5.94. The number of aromatic nitrogens is 2. The average Bonchev–Trinajstić information content (AvgIpc) is 2.77. The molecule has 0 atom stereocenters. The van der Waals surface area contributed by atoms with Crippen molar-refractivity contribution in [1.29, 1.82) is 0 Å². The van der Waals surface area contributed by atoms with Gasteiger partial charge in [-0.05, 0) is 37.5 Å². The van der Waals surface area contributed by atoms with Crippen LogP contribution in [0.25, 0.3) is 11.3 Å². The Morgan fingerprint density at radius 1 is 1.22 bits per heavy atom. The predicted molar refractivity (Wildman–Crippen MR) is 74.2 cm³/mol. The number of ether oxygens (including phenoxy) is 1. The molecule has 96 valence electrons. The predicted octanol–water partition coefficient (Wildman–Crippen LogP) is 3.25. The molecule has 3 N–H and O–H groups in total. The van der Waals surface area contributed by atoms with Gasteiger partial charge in [0.15, 0.2) is 5.95 Å². The first-order valence-electron chi connectivity index (χ1n) is 5.61. The number of nitrogens with one attached hydrogen (secondary N) is 1. The molecule has 0 bridgehead atoms. The number of nitrogens with two attached hydrogens (primary N) is 1. The van der Waals surface area contributed by atoms with Gasteiger partial charge in [0.1, 0.15) is 5.75 Å². The van der Waals surface area contributed by atoms with Crippen LogP contribution in [0.5, 0.6) is 5.75 Å². The second-order valence-electron chi connectivity index (χ2n) is 4.28. The molecule has 0 spiro atoms. The van der Waals surface area contributed by atoms with E-state index < -0.39 is 0 Å². The van der Waals surface area contributed by atoms with E-state index >= 15 is 0 Å². The number of nitrogen functional groups attached to an aromatic ring is 1. The maximum absolute atomic E-state index is 6.35. The number of aromatic amines is 1. The Morgan fingerprint density at radius 3 is 2.39 bits per heavy atom. The normalized spacial score (nSPS) is 10.7. The lowest BCUT2D eigenvalue weighted by Gasteiger charge is -2.17. The number of anilines is 1. The first-order valence-corrected chi connectivity index (χ1v) is 5.99. The zero-order valence-electron chi connectivity index (χ0n) is 10.9. The second kappa shape index (κ2) is 4.53. The van der Waals surface area contributed by atoms with Gasteiger partial charge in [0.2, 0.25) is 0 Å². The van der Waals surface area contributed by atoms with Crippen LogP contribution < -0.4 is 10.5 Å². The molecule has 5 heteroatoms. The van der Waals surface area contributed by atoms with Crippen molar-refractivity contribution in [2.75, 3.05) is 12.8 Å². The van der Waals surface area contributed by atoms with E-state index in [1.54, 1.807) is 13.3 Å². The number of hydrogen-bond donors (Lipinski definition) is 2. The van der Waals surface area contributed by atoms with E-state index in [-0.39, 0.29) is 0 Å². The van der Waals surface area contributed by atoms with Crippen LogP contribution in [0.1, 0.15) is 16.7 Å². The second-order valence-corrected chi connectivity index (χ2v) is 4.66. The van der Waals surface area contributed by atoms with Gasteiger partial charge in [-0.1, -0.05) is 11.6 Å². The molecule has 2 rings (SSSR count). The van der Waals surface area contributed by atoms with Crippen molar-refractivity contribution in [2.24, 2.45) is 0 Å². The number of nitrogens with zero attached hydrogens (tertiary/aromatic N) is 1. The minimum Gasteiger partial charge on any atom is -0.496 e. The van der Waals surface area contributed by atoms with E-state index in [2.05, 4.69) is 9.97 Å². The van der Waals surface area contributed by atoms with Crippen molar-refractivity contribution in [3.8, 4) is 17.0 Å².